The van der Waals surface area contributed by atoms with Gasteiger partial charge in [0.2, 0.25) is 0 Å². The monoisotopic (exact) mass is 679 g/mol. The van der Waals surface area contributed by atoms with Crippen molar-refractivity contribution in [1.29, 1.82) is 0 Å². The largest absolute Gasteiger partial charge is 1.00 e. The molecule has 6 atom stereocenters. The predicted molar refractivity (Wildman–Crippen MR) is 183 cm³/mol. The number of Topliss-reactive ketones (excluding diaryl/α,β-unsaturated/α-hetero) is 2. The van der Waals surface area contributed by atoms with E-state index >= 15 is 0 Å². The summed E-state index contributed by atoms with van der Waals surface area (Å²) >= 11 is 0. The Labute approximate surface area is 309 Å². The van der Waals surface area contributed by atoms with Gasteiger partial charge in [0.1, 0.15) is 17.7 Å². The van der Waals surface area contributed by atoms with E-state index < -0.39 is 29.9 Å². The summed E-state index contributed by atoms with van der Waals surface area (Å²) in [6, 6.07) is 0. The Morgan fingerprint density at radius 3 is 1.62 bits per heavy atom. The number of carbonyl (C=O) groups is 5. The molecule has 1 aliphatic rings. The number of carbonyl (C=O) groups excluding carboxylic acids is 4. The number of aliphatic hydroxyl groups is 1. The second-order valence-electron chi connectivity index (χ2n) is 14.7. The summed E-state index contributed by atoms with van der Waals surface area (Å²) in [5, 5.41) is 28.2. The van der Waals surface area contributed by atoms with Crippen LogP contribution < -0.4 is 34.7 Å². The molecule has 1 fully saturated rings. The summed E-state index contributed by atoms with van der Waals surface area (Å²) in [6.07, 6.45) is 6.38. The molecule has 1 rings (SSSR count). The van der Waals surface area contributed by atoms with Crippen molar-refractivity contribution in [1.82, 2.24) is 0 Å². The number of hydrogen-bond donors (Lipinski definition) is 2. The van der Waals surface area contributed by atoms with Crippen LogP contribution in [0.15, 0.2) is 12.7 Å². The smallest absolute Gasteiger partial charge is 0.550 e. The van der Waals surface area contributed by atoms with Crippen molar-refractivity contribution in [3.63, 3.8) is 0 Å². The summed E-state index contributed by atoms with van der Waals surface area (Å²) in [5.74, 6) is -0.423. The van der Waals surface area contributed by atoms with Gasteiger partial charge in [-0.2, -0.15) is 0 Å². The third-order valence-corrected chi connectivity index (χ3v) is 6.99. The molecule has 10 heteroatoms. The van der Waals surface area contributed by atoms with Gasteiger partial charge in [0.25, 0.3) is 0 Å². The second-order valence-corrected chi connectivity index (χ2v) is 14.7. The molecule has 0 saturated carbocycles. The van der Waals surface area contributed by atoms with Crippen LogP contribution in [-0.4, -0.2) is 51.9 Å². The maximum atomic E-state index is 11.2. The fraction of sp³-hybridized carbons (Fsp3) is 0.811. The van der Waals surface area contributed by atoms with Gasteiger partial charge in [0.05, 0.1) is 17.9 Å². The van der Waals surface area contributed by atoms with Gasteiger partial charge in [0, 0.05) is 31.7 Å². The Kier molecular flexibility index (Phi) is 32.7. The van der Waals surface area contributed by atoms with Crippen LogP contribution in [0.5, 0.6) is 0 Å². The average molecular weight is 680 g/mol. The Morgan fingerprint density at radius 1 is 0.830 bits per heavy atom. The van der Waals surface area contributed by atoms with E-state index in [9.17, 15) is 34.2 Å². The molecule has 9 nitrogen and oxygen atoms in total. The maximum Gasteiger partial charge on any atom is 1.00 e. The normalized spacial score (nSPS) is 17.8. The standard InChI is InChI=1S/C10H18O.C9H18O3.C9H16O3.C9H16O2.Na/c1-5-9(4)7-10(11)6-8(2)3;2*1-6(2)4-8(10)5-7(3)9(11)12;1-6(2)4-8-5-7(3)9(10)11-8;/h5,8-9H,1,6-7H2,2-4H3;6-8,10H,4-5H2,1-3H3,(H,11,12);6-7H,4-5H2,1-3H3,(H,11,12);6-8H,4-5H2,1-3H3;/q;;;;+1. The first-order valence-electron chi connectivity index (χ1n) is 17.0. The fourth-order valence-electron chi connectivity index (χ4n) is 4.58. The number of ketones is 2. The van der Waals surface area contributed by atoms with E-state index in [4.69, 9.17) is 9.84 Å². The quantitative estimate of drug-likeness (QED) is 0.133. The van der Waals surface area contributed by atoms with Gasteiger partial charge in [-0.1, -0.05) is 89.2 Å². The number of carboxylic acid groups (broad SMARTS) is 2. The van der Waals surface area contributed by atoms with Gasteiger partial charge in [-0.3, -0.25) is 19.2 Å². The molecule has 0 aromatic rings. The van der Waals surface area contributed by atoms with E-state index in [1.54, 1.807) is 13.8 Å². The van der Waals surface area contributed by atoms with Crippen LogP contribution in [0.4, 0.5) is 0 Å². The zero-order valence-corrected chi connectivity index (χ0v) is 34.0. The number of allylic oxidation sites excluding steroid dienone is 1. The molecule has 0 aromatic heterocycles. The topological polar surface area (TPSA) is 158 Å². The molecule has 2 N–H and O–H groups in total. The zero-order chi connectivity index (χ0) is 36.7. The molecular formula is C37H68NaO9+. The Morgan fingerprint density at radius 2 is 1.30 bits per heavy atom. The van der Waals surface area contributed by atoms with Gasteiger partial charge in [-0.15, -0.1) is 6.58 Å². The minimum atomic E-state index is -1.09. The first-order valence-corrected chi connectivity index (χ1v) is 17.0. The molecule has 270 valence electrons. The van der Waals surface area contributed by atoms with Gasteiger partial charge >= 0.3 is 42.9 Å². The third kappa shape index (κ3) is 34.1. The number of cyclic esters (lactones) is 1. The molecular weight excluding hydrogens is 611 g/mol. The molecule has 0 aliphatic carbocycles. The number of rotatable bonds is 17. The minimum Gasteiger partial charge on any atom is -0.550 e. The molecule has 0 aromatic carbocycles. The van der Waals surface area contributed by atoms with Gasteiger partial charge in [0.15, 0.2) is 0 Å². The molecule has 0 radical (unpaired) electrons. The molecule has 0 spiro atoms. The van der Waals surface area contributed by atoms with Crippen LogP contribution in [0.25, 0.3) is 0 Å². The number of carboxylic acids is 2. The van der Waals surface area contributed by atoms with Crippen molar-refractivity contribution < 1.29 is 75.0 Å². The Balaban J connectivity index is -0.000000169. The summed E-state index contributed by atoms with van der Waals surface area (Å²) in [4.78, 5) is 53.9. The van der Waals surface area contributed by atoms with E-state index in [-0.39, 0.29) is 61.2 Å². The zero-order valence-electron chi connectivity index (χ0n) is 33.0. The van der Waals surface area contributed by atoms with E-state index in [2.05, 4.69) is 34.3 Å². The fourth-order valence-corrected chi connectivity index (χ4v) is 4.58. The van der Waals surface area contributed by atoms with Crippen molar-refractivity contribution in [2.45, 2.75) is 147 Å². The van der Waals surface area contributed by atoms with Crippen molar-refractivity contribution in [2.24, 2.45) is 47.3 Å². The van der Waals surface area contributed by atoms with Crippen LogP contribution in [0.1, 0.15) is 136 Å². The molecule has 6 unspecified atom stereocenters. The minimum absolute atomic E-state index is 0. The van der Waals surface area contributed by atoms with E-state index in [0.29, 0.717) is 67.5 Å². The summed E-state index contributed by atoms with van der Waals surface area (Å²) < 4.78 is 5.15. The van der Waals surface area contributed by atoms with Gasteiger partial charge < -0.3 is 24.9 Å². The van der Waals surface area contributed by atoms with Crippen LogP contribution in [-0.2, 0) is 28.7 Å². The molecule has 47 heavy (non-hydrogen) atoms. The predicted octanol–water partition coefficient (Wildman–Crippen LogP) is 3.80. The summed E-state index contributed by atoms with van der Waals surface area (Å²) in [6.45, 7) is 27.0. The van der Waals surface area contributed by atoms with Gasteiger partial charge in [-0.05, 0) is 61.2 Å². The van der Waals surface area contributed by atoms with Crippen LogP contribution in [0.2, 0.25) is 0 Å². The first-order chi connectivity index (χ1) is 21.0. The van der Waals surface area contributed by atoms with Gasteiger partial charge in [-0.25, -0.2) is 0 Å². The summed E-state index contributed by atoms with van der Waals surface area (Å²) in [5.41, 5.74) is 0. The molecule has 0 amide bonds. The molecule has 1 heterocycles. The maximum absolute atomic E-state index is 11.2. The SMILES string of the molecule is C=CC(C)CC(=O)CC(C)C.CC(C)CC(=O)CC(C)C(=O)O.CC(C)CC(O)CC(C)C(=O)[O-].CC(C)CC1CC(C)C(=O)O1.[H+].[Na+]. The van der Waals surface area contributed by atoms with Crippen molar-refractivity contribution >= 4 is 29.5 Å². The van der Waals surface area contributed by atoms with E-state index in [1.165, 1.54) is 0 Å². The van der Waals surface area contributed by atoms with Crippen LogP contribution in [0.3, 0.4) is 0 Å². The number of aliphatic hydroxyl groups excluding tert-OH is 1. The molecule has 1 saturated heterocycles. The number of aliphatic carboxylic acids is 2. The van der Waals surface area contributed by atoms with Crippen molar-refractivity contribution in [3.05, 3.63) is 12.7 Å². The number of esters is 1. The van der Waals surface area contributed by atoms with E-state index in [1.807, 2.05) is 47.6 Å². The Hall–Kier alpha value is -1.55. The van der Waals surface area contributed by atoms with E-state index in [0.717, 1.165) is 12.8 Å². The first kappa shape index (κ1) is 52.3. The molecule has 0 bridgehead atoms. The van der Waals surface area contributed by atoms with Crippen LogP contribution >= 0.6 is 0 Å². The third-order valence-electron chi connectivity index (χ3n) is 6.99. The summed E-state index contributed by atoms with van der Waals surface area (Å²) in [7, 11) is 0. The van der Waals surface area contributed by atoms with Crippen molar-refractivity contribution in [3.8, 4) is 0 Å². The van der Waals surface area contributed by atoms with Crippen molar-refractivity contribution in [2.75, 3.05) is 0 Å². The Bertz CT molecular complexity index is 905. The van der Waals surface area contributed by atoms with Crippen LogP contribution in [0, 0.1) is 47.3 Å². The molecule has 1 aliphatic heterocycles. The average Bonchev–Trinajstić information content (AvgIpc) is 3.18. The number of ether oxygens (including phenoxy) is 1. The second kappa shape index (κ2) is 29.4. The number of hydrogen-bond acceptors (Lipinski definition) is 8.